The van der Waals surface area contributed by atoms with E-state index in [9.17, 15) is 9.59 Å². The lowest BCUT2D eigenvalue weighted by atomic mass is 9.79. The van der Waals surface area contributed by atoms with Crippen molar-refractivity contribution < 1.29 is 14.3 Å². The summed E-state index contributed by atoms with van der Waals surface area (Å²) in [7, 11) is 0. The summed E-state index contributed by atoms with van der Waals surface area (Å²) in [4.78, 5) is 24.2. The number of nitrogens with one attached hydrogen (secondary N) is 2. The first-order chi connectivity index (χ1) is 10.6. The van der Waals surface area contributed by atoms with Crippen molar-refractivity contribution >= 4 is 29.9 Å². The molecule has 0 aliphatic carbocycles. The number of carbonyl (C=O) groups excluding carboxylic acids is 2. The van der Waals surface area contributed by atoms with Gasteiger partial charge < -0.3 is 21.1 Å². The highest BCUT2D eigenvalue weighted by molar-refractivity contribution is 5.97. The van der Waals surface area contributed by atoms with Crippen LogP contribution in [0.3, 0.4) is 0 Å². The molecule has 23 heavy (non-hydrogen) atoms. The Balaban J connectivity index is 0.00000264. The van der Waals surface area contributed by atoms with Crippen LogP contribution in [-0.4, -0.2) is 38.1 Å². The summed E-state index contributed by atoms with van der Waals surface area (Å²) in [6.07, 6.45) is 1.26. The van der Waals surface area contributed by atoms with E-state index in [0.717, 1.165) is 0 Å². The average molecular weight is 342 g/mol. The first-order valence-electron chi connectivity index (χ1n) is 7.59. The molecule has 0 spiro atoms. The maximum Gasteiger partial charge on any atom is 0.251 e. The van der Waals surface area contributed by atoms with Crippen LogP contribution in [0.15, 0.2) is 24.3 Å². The van der Waals surface area contributed by atoms with Gasteiger partial charge in [-0.05, 0) is 44.0 Å². The molecule has 1 fully saturated rings. The Hall–Kier alpha value is -1.63. The second kappa shape index (κ2) is 8.86. The van der Waals surface area contributed by atoms with Gasteiger partial charge in [0.1, 0.15) is 0 Å². The quantitative estimate of drug-likeness (QED) is 0.757. The zero-order chi connectivity index (χ0) is 16.0. The van der Waals surface area contributed by atoms with Gasteiger partial charge in [-0.15, -0.1) is 12.4 Å². The molecule has 4 N–H and O–H groups in total. The van der Waals surface area contributed by atoms with Crippen LogP contribution < -0.4 is 16.4 Å². The average Bonchev–Trinajstić information content (AvgIpc) is 2.56. The molecule has 1 saturated heterocycles. The SMILES string of the molecule is CCNC(=O)c1ccc(NC(=O)C2(CN)CCOCC2)cc1.Cl. The van der Waals surface area contributed by atoms with Gasteiger partial charge in [0, 0.05) is 37.6 Å². The maximum atomic E-state index is 12.5. The van der Waals surface area contributed by atoms with Crippen molar-refractivity contribution in [3.63, 3.8) is 0 Å². The molecule has 0 unspecified atom stereocenters. The Bertz CT molecular complexity index is 528. The molecule has 2 amide bonds. The summed E-state index contributed by atoms with van der Waals surface area (Å²) in [5.41, 5.74) is 6.49. The van der Waals surface area contributed by atoms with E-state index in [2.05, 4.69) is 10.6 Å². The number of halogens is 1. The Morgan fingerprint density at radius 3 is 2.35 bits per heavy atom. The highest BCUT2D eigenvalue weighted by Crippen LogP contribution is 2.30. The fourth-order valence-corrected chi connectivity index (χ4v) is 2.52. The molecule has 0 radical (unpaired) electrons. The maximum absolute atomic E-state index is 12.5. The van der Waals surface area contributed by atoms with E-state index in [1.165, 1.54) is 0 Å². The Morgan fingerprint density at radius 1 is 1.22 bits per heavy atom. The number of carbonyl (C=O) groups is 2. The fraction of sp³-hybridized carbons (Fsp3) is 0.500. The molecule has 0 saturated carbocycles. The van der Waals surface area contributed by atoms with Gasteiger partial charge in [-0.25, -0.2) is 0 Å². The summed E-state index contributed by atoms with van der Waals surface area (Å²) in [5, 5.41) is 5.63. The van der Waals surface area contributed by atoms with Crippen LogP contribution in [-0.2, 0) is 9.53 Å². The molecule has 6 nitrogen and oxygen atoms in total. The first kappa shape index (κ1) is 19.4. The Kier molecular flexibility index (Phi) is 7.48. The van der Waals surface area contributed by atoms with Crippen molar-refractivity contribution in [1.29, 1.82) is 0 Å². The zero-order valence-corrected chi connectivity index (χ0v) is 14.1. The molecular formula is C16H24ClN3O3. The number of hydrogen-bond acceptors (Lipinski definition) is 4. The van der Waals surface area contributed by atoms with Crippen molar-refractivity contribution in [3.05, 3.63) is 29.8 Å². The highest BCUT2D eigenvalue weighted by atomic mass is 35.5. The summed E-state index contributed by atoms with van der Waals surface area (Å²) in [5.74, 6) is -0.202. The smallest absolute Gasteiger partial charge is 0.251 e. The predicted octanol–water partition coefficient (Wildman–Crippen LogP) is 1.55. The first-order valence-corrected chi connectivity index (χ1v) is 7.59. The number of nitrogens with two attached hydrogens (primary N) is 1. The van der Waals surface area contributed by atoms with Crippen molar-refractivity contribution in [2.75, 3.05) is 31.6 Å². The van der Waals surface area contributed by atoms with Gasteiger partial charge in [-0.1, -0.05) is 0 Å². The number of ether oxygens (including phenoxy) is 1. The monoisotopic (exact) mass is 341 g/mol. The molecule has 0 atom stereocenters. The van der Waals surface area contributed by atoms with Crippen molar-refractivity contribution in [2.45, 2.75) is 19.8 Å². The van der Waals surface area contributed by atoms with Gasteiger partial charge >= 0.3 is 0 Å². The number of amides is 2. The molecule has 1 heterocycles. The van der Waals surface area contributed by atoms with E-state index in [0.29, 0.717) is 50.4 Å². The van der Waals surface area contributed by atoms with Crippen LogP contribution >= 0.6 is 12.4 Å². The molecule has 7 heteroatoms. The van der Waals surface area contributed by atoms with E-state index >= 15 is 0 Å². The van der Waals surface area contributed by atoms with Crippen LogP contribution in [0, 0.1) is 5.41 Å². The van der Waals surface area contributed by atoms with Gasteiger partial charge in [-0.3, -0.25) is 9.59 Å². The van der Waals surface area contributed by atoms with Crippen LogP contribution in [0.5, 0.6) is 0 Å². The van der Waals surface area contributed by atoms with E-state index in [1.807, 2.05) is 6.92 Å². The van der Waals surface area contributed by atoms with Gasteiger partial charge in [0.25, 0.3) is 5.91 Å². The van der Waals surface area contributed by atoms with E-state index in [-0.39, 0.29) is 24.2 Å². The van der Waals surface area contributed by atoms with Crippen LogP contribution in [0.2, 0.25) is 0 Å². The second-order valence-corrected chi connectivity index (χ2v) is 5.49. The van der Waals surface area contributed by atoms with E-state index < -0.39 is 5.41 Å². The van der Waals surface area contributed by atoms with Gasteiger partial charge in [0.2, 0.25) is 5.91 Å². The second-order valence-electron chi connectivity index (χ2n) is 5.49. The predicted molar refractivity (Wildman–Crippen MR) is 91.9 cm³/mol. The lowest BCUT2D eigenvalue weighted by molar-refractivity contribution is -0.130. The van der Waals surface area contributed by atoms with Crippen LogP contribution in [0.25, 0.3) is 0 Å². The lowest BCUT2D eigenvalue weighted by Gasteiger charge is -2.34. The molecule has 1 aliphatic heterocycles. The van der Waals surface area contributed by atoms with E-state index in [4.69, 9.17) is 10.5 Å². The van der Waals surface area contributed by atoms with E-state index in [1.54, 1.807) is 24.3 Å². The highest BCUT2D eigenvalue weighted by Gasteiger charge is 2.38. The fourth-order valence-electron chi connectivity index (χ4n) is 2.52. The van der Waals surface area contributed by atoms with Gasteiger partial charge in [-0.2, -0.15) is 0 Å². The third-order valence-electron chi connectivity index (χ3n) is 4.06. The molecule has 0 aromatic heterocycles. The lowest BCUT2D eigenvalue weighted by Crippen LogP contribution is -2.46. The summed E-state index contributed by atoms with van der Waals surface area (Å²) in [6, 6.07) is 6.84. The third-order valence-corrected chi connectivity index (χ3v) is 4.06. The van der Waals surface area contributed by atoms with Crippen molar-refractivity contribution in [3.8, 4) is 0 Å². The minimum atomic E-state index is -0.559. The normalized spacial score (nSPS) is 16.1. The number of rotatable bonds is 5. The molecular weight excluding hydrogens is 318 g/mol. The third kappa shape index (κ3) is 4.67. The van der Waals surface area contributed by atoms with Crippen LogP contribution in [0.1, 0.15) is 30.1 Å². The summed E-state index contributed by atoms with van der Waals surface area (Å²) in [6.45, 7) is 3.87. The molecule has 2 rings (SSSR count). The standard InChI is InChI=1S/C16H23N3O3.ClH/c1-2-18-14(20)12-3-5-13(6-4-12)19-15(21)16(11-17)7-9-22-10-8-16;/h3-6H,2,7-11,17H2,1H3,(H,18,20)(H,19,21);1H. The summed E-state index contributed by atoms with van der Waals surface area (Å²) < 4.78 is 5.31. The minimum Gasteiger partial charge on any atom is -0.381 e. The Morgan fingerprint density at radius 2 is 1.83 bits per heavy atom. The van der Waals surface area contributed by atoms with Crippen LogP contribution in [0.4, 0.5) is 5.69 Å². The Labute approximate surface area is 142 Å². The summed E-state index contributed by atoms with van der Waals surface area (Å²) >= 11 is 0. The molecule has 1 aliphatic rings. The molecule has 0 bridgehead atoms. The number of anilines is 1. The minimum absolute atomic E-state index is 0. The molecule has 1 aromatic rings. The zero-order valence-electron chi connectivity index (χ0n) is 13.3. The van der Waals surface area contributed by atoms with Crippen molar-refractivity contribution in [1.82, 2.24) is 5.32 Å². The number of benzene rings is 1. The molecule has 1 aromatic carbocycles. The topological polar surface area (TPSA) is 93.5 Å². The number of hydrogen-bond donors (Lipinski definition) is 3. The van der Waals surface area contributed by atoms with Gasteiger partial charge in [0.05, 0.1) is 5.41 Å². The molecule has 128 valence electrons. The largest absolute Gasteiger partial charge is 0.381 e. The van der Waals surface area contributed by atoms with Crippen molar-refractivity contribution in [2.24, 2.45) is 11.1 Å². The van der Waals surface area contributed by atoms with Gasteiger partial charge in [0.15, 0.2) is 0 Å².